The van der Waals surface area contributed by atoms with E-state index in [9.17, 15) is 5.11 Å². The van der Waals surface area contributed by atoms with E-state index in [0.29, 0.717) is 22.0 Å². The topological polar surface area (TPSA) is 38.0 Å². The fourth-order valence-electron chi connectivity index (χ4n) is 1.86. The molecule has 1 atom stereocenters. The van der Waals surface area contributed by atoms with Crippen molar-refractivity contribution in [1.29, 1.82) is 0 Å². The highest BCUT2D eigenvalue weighted by atomic mass is 35.5. The Morgan fingerprint density at radius 2 is 2.11 bits per heavy atom. The molecule has 0 aliphatic heterocycles. The first-order valence-corrected chi connectivity index (χ1v) is 6.43. The number of aliphatic hydroxyl groups excluding tert-OH is 1. The predicted molar refractivity (Wildman–Crippen MR) is 73.0 cm³/mol. The lowest BCUT2D eigenvalue weighted by Gasteiger charge is -2.13. The molecule has 2 rings (SSSR count). The van der Waals surface area contributed by atoms with Crippen molar-refractivity contribution < 1.29 is 5.11 Å². The van der Waals surface area contributed by atoms with Crippen LogP contribution in [0.2, 0.25) is 10.0 Å². The number of rotatable bonds is 4. The minimum absolute atomic E-state index is 0.500. The highest BCUT2D eigenvalue weighted by Gasteiger charge is 2.12. The van der Waals surface area contributed by atoms with Gasteiger partial charge in [-0.25, -0.2) is 0 Å². The fourth-order valence-corrected chi connectivity index (χ4v) is 2.39. The van der Waals surface area contributed by atoms with Crippen molar-refractivity contribution in [2.24, 2.45) is 7.05 Å². The summed E-state index contributed by atoms with van der Waals surface area (Å²) < 4.78 is 1.80. The summed E-state index contributed by atoms with van der Waals surface area (Å²) >= 11 is 11.9. The van der Waals surface area contributed by atoms with Crippen molar-refractivity contribution >= 4 is 23.2 Å². The van der Waals surface area contributed by atoms with Crippen LogP contribution in [-0.2, 0) is 13.5 Å². The summed E-state index contributed by atoms with van der Waals surface area (Å²) in [6, 6.07) is 7.08. The Labute approximate surface area is 116 Å². The van der Waals surface area contributed by atoms with Crippen LogP contribution < -0.4 is 0 Å². The zero-order chi connectivity index (χ0) is 13.1. The van der Waals surface area contributed by atoms with E-state index in [1.807, 2.05) is 13.1 Å². The van der Waals surface area contributed by atoms with Gasteiger partial charge in [0.25, 0.3) is 0 Å². The van der Waals surface area contributed by atoms with Crippen LogP contribution in [-0.4, -0.2) is 14.9 Å². The average Bonchev–Trinajstić information content (AvgIpc) is 2.72. The summed E-state index contributed by atoms with van der Waals surface area (Å²) in [5, 5.41) is 15.3. The maximum absolute atomic E-state index is 10.1. The monoisotopic (exact) mass is 284 g/mol. The summed E-state index contributed by atoms with van der Waals surface area (Å²) in [7, 11) is 1.89. The zero-order valence-corrected chi connectivity index (χ0v) is 11.5. The molecule has 3 nitrogen and oxygen atoms in total. The first-order valence-electron chi connectivity index (χ1n) is 5.68. The third-order valence-corrected chi connectivity index (χ3v) is 3.48. The van der Waals surface area contributed by atoms with Gasteiger partial charge in [-0.2, -0.15) is 5.10 Å². The number of aryl methyl sites for hydroxylation is 2. The Kier molecular flexibility index (Phi) is 4.27. The van der Waals surface area contributed by atoms with Crippen LogP contribution in [0.25, 0.3) is 0 Å². The second-order valence-corrected chi connectivity index (χ2v) is 5.01. The fraction of sp³-hybridized carbons (Fsp3) is 0.308. The summed E-state index contributed by atoms with van der Waals surface area (Å²) in [6.07, 6.45) is 2.50. The van der Waals surface area contributed by atoms with Crippen molar-refractivity contribution in [1.82, 2.24) is 9.78 Å². The molecule has 18 heavy (non-hydrogen) atoms. The second kappa shape index (κ2) is 5.74. The number of aliphatic hydroxyl groups is 1. The lowest BCUT2D eigenvalue weighted by molar-refractivity contribution is 0.167. The van der Waals surface area contributed by atoms with E-state index in [1.54, 1.807) is 29.1 Å². The summed E-state index contributed by atoms with van der Waals surface area (Å²) in [5.41, 5.74) is 1.79. The number of aromatic nitrogens is 2. The molecule has 0 fully saturated rings. The maximum Gasteiger partial charge on any atom is 0.0808 e. The Hall–Kier alpha value is -1.03. The molecule has 0 radical (unpaired) electrons. The van der Waals surface area contributed by atoms with E-state index in [0.717, 1.165) is 12.1 Å². The van der Waals surface area contributed by atoms with Gasteiger partial charge in [0.2, 0.25) is 0 Å². The molecule has 0 aliphatic carbocycles. The number of nitrogens with zero attached hydrogens (tertiary/aromatic N) is 2. The van der Waals surface area contributed by atoms with E-state index in [2.05, 4.69) is 5.10 Å². The number of hydrogen-bond acceptors (Lipinski definition) is 2. The van der Waals surface area contributed by atoms with Crippen LogP contribution in [0.5, 0.6) is 0 Å². The first-order chi connectivity index (χ1) is 8.58. The largest absolute Gasteiger partial charge is 0.388 e. The lowest BCUT2D eigenvalue weighted by atomic mass is 10.0. The maximum atomic E-state index is 10.1. The SMILES string of the molecule is Cn1nccc1CCC(O)c1ccc(Cl)cc1Cl. The van der Waals surface area contributed by atoms with Gasteiger partial charge >= 0.3 is 0 Å². The Balaban J connectivity index is 2.03. The molecule has 0 bridgehead atoms. The van der Waals surface area contributed by atoms with Gasteiger partial charge < -0.3 is 5.11 Å². The highest BCUT2D eigenvalue weighted by molar-refractivity contribution is 6.35. The Morgan fingerprint density at radius 3 is 2.72 bits per heavy atom. The number of halogens is 2. The van der Waals surface area contributed by atoms with Gasteiger partial charge in [-0.05, 0) is 36.6 Å². The molecule has 96 valence electrons. The van der Waals surface area contributed by atoms with Crippen molar-refractivity contribution in [2.45, 2.75) is 18.9 Å². The van der Waals surface area contributed by atoms with Gasteiger partial charge in [0, 0.05) is 29.0 Å². The van der Waals surface area contributed by atoms with Crippen LogP contribution in [0.3, 0.4) is 0 Å². The van der Waals surface area contributed by atoms with Gasteiger partial charge in [0.05, 0.1) is 6.10 Å². The van der Waals surface area contributed by atoms with E-state index in [-0.39, 0.29) is 0 Å². The molecule has 0 spiro atoms. The van der Waals surface area contributed by atoms with Crippen LogP contribution in [0.1, 0.15) is 23.8 Å². The number of benzene rings is 1. The molecule has 2 aromatic rings. The standard InChI is InChI=1S/C13H14Cl2N2O/c1-17-10(6-7-16-17)3-5-13(18)11-4-2-9(14)8-12(11)15/h2,4,6-8,13,18H,3,5H2,1H3. The van der Waals surface area contributed by atoms with Gasteiger partial charge in [-0.15, -0.1) is 0 Å². The summed E-state index contributed by atoms with van der Waals surface area (Å²) in [5.74, 6) is 0. The normalized spacial score (nSPS) is 12.7. The van der Waals surface area contributed by atoms with E-state index in [4.69, 9.17) is 23.2 Å². The first kappa shape index (κ1) is 13.4. The summed E-state index contributed by atoms with van der Waals surface area (Å²) in [6.45, 7) is 0. The molecule has 0 amide bonds. The predicted octanol–water partition coefficient (Wildman–Crippen LogP) is 3.39. The minimum Gasteiger partial charge on any atom is -0.388 e. The van der Waals surface area contributed by atoms with Crippen LogP contribution >= 0.6 is 23.2 Å². The van der Waals surface area contributed by atoms with Gasteiger partial charge in [0.1, 0.15) is 0 Å². The molecule has 5 heteroatoms. The average molecular weight is 285 g/mol. The van der Waals surface area contributed by atoms with Gasteiger partial charge in [0.15, 0.2) is 0 Å². The van der Waals surface area contributed by atoms with Crippen LogP contribution in [0.15, 0.2) is 30.5 Å². The molecule has 1 heterocycles. The van der Waals surface area contributed by atoms with Crippen molar-refractivity contribution in [3.05, 3.63) is 51.8 Å². The molecular formula is C13H14Cl2N2O. The van der Waals surface area contributed by atoms with Crippen molar-refractivity contribution in [3.8, 4) is 0 Å². The molecular weight excluding hydrogens is 271 g/mol. The molecule has 1 aromatic heterocycles. The molecule has 0 saturated carbocycles. The Bertz CT molecular complexity index is 540. The lowest BCUT2D eigenvalue weighted by Crippen LogP contribution is -2.04. The van der Waals surface area contributed by atoms with Crippen LogP contribution in [0, 0.1) is 0 Å². The van der Waals surface area contributed by atoms with E-state index >= 15 is 0 Å². The third kappa shape index (κ3) is 3.05. The smallest absolute Gasteiger partial charge is 0.0808 e. The molecule has 0 aliphatic rings. The summed E-state index contributed by atoms with van der Waals surface area (Å²) in [4.78, 5) is 0. The Morgan fingerprint density at radius 1 is 1.33 bits per heavy atom. The van der Waals surface area contributed by atoms with Crippen LogP contribution in [0.4, 0.5) is 0 Å². The third-order valence-electron chi connectivity index (χ3n) is 2.92. The second-order valence-electron chi connectivity index (χ2n) is 4.17. The van der Waals surface area contributed by atoms with Gasteiger partial charge in [-0.1, -0.05) is 29.3 Å². The number of hydrogen-bond donors (Lipinski definition) is 1. The van der Waals surface area contributed by atoms with Gasteiger partial charge in [-0.3, -0.25) is 4.68 Å². The van der Waals surface area contributed by atoms with E-state index < -0.39 is 6.10 Å². The quantitative estimate of drug-likeness (QED) is 0.935. The van der Waals surface area contributed by atoms with E-state index in [1.165, 1.54) is 0 Å². The molecule has 0 saturated heterocycles. The minimum atomic E-state index is -0.593. The zero-order valence-electron chi connectivity index (χ0n) is 9.98. The van der Waals surface area contributed by atoms with Crippen molar-refractivity contribution in [3.63, 3.8) is 0 Å². The molecule has 1 aromatic carbocycles. The van der Waals surface area contributed by atoms with Crippen molar-refractivity contribution in [2.75, 3.05) is 0 Å². The molecule has 1 N–H and O–H groups in total. The highest BCUT2D eigenvalue weighted by Crippen LogP contribution is 2.28. The molecule has 1 unspecified atom stereocenters.